The molecule has 108 valence electrons. The van der Waals surface area contributed by atoms with Crippen molar-refractivity contribution in [2.24, 2.45) is 5.73 Å². The van der Waals surface area contributed by atoms with E-state index in [0.717, 1.165) is 11.3 Å². The third kappa shape index (κ3) is 3.11. The number of nitrogens with zero attached hydrogens (tertiary/aromatic N) is 1. The van der Waals surface area contributed by atoms with Gasteiger partial charge in [-0.25, -0.2) is 0 Å². The smallest absolute Gasteiger partial charge is 0.400 e. The Bertz CT molecular complexity index is 479. The molecule has 0 saturated carbocycles. The van der Waals surface area contributed by atoms with Gasteiger partial charge >= 0.3 is 7.12 Å². The summed E-state index contributed by atoms with van der Waals surface area (Å²) in [5.74, 6) is 1.89. The van der Waals surface area contributed by atoms with Crippen LogP contribution in [-0.4, -0.2) is 23.3 Å². The lowest BCUT2D eigenvalue weighted by molar-refractivity contribution is 0.00578. The molecule has 0 amide bonds. The molecule has 1 saturated heterocycles. The van der Waals surface area contributed by atoms with Crippen molar-refractivity contribution in [1.29, 1.82) is 0 Å². The van der Waals surface area contributed by atoms with E-state index in [1.54, 1.807) is 6.20 Å². The molecule has 0 radical (unpaired) electrons. The first kappa shape index (κ1) is 15.2. The number of pyridine rings is 1. The van der Waals surface area contributed by atoms with Crippen LogP contribution in [0.4, 0.5) is 0 Å². The largest absolute Gasteiger partial charge is 0.487 e. The van der Waals surface area contributed by atoms with Gasteiger partial charge in [0, 0.05) is 12.2 Å². The molecule has 1 aromatic rings. The molecule has 0 aliphatic carbocycles. The number of hydrogen-bond acceptors (Lipinski definition) is 4. The highest BCUT2D eigenvalue weighted by molar-refractivity contribution is 6.52. The fraction of sp³-hybridized carbons (Fsp3) is 0.533. The van der Waals surface area contributed by atoms with Crippen LogP contribution in [0.1, 0.15) is 51.9 Å². The van der Waals surface area contributed by atoms with Crippen LogP contribution >= 0.6 is 0 Å². The van der Waals surface area contributed by atoms with Crippen molar-refractivity contribution in [3.63, 3.8) is 0 Å². The fourth-order valence-electron chi connectivity index (χ4n) is 1.93. The summed E-state index contributed by atoms with van der Waals surface area (Å²) < 4.78 is 11.8. The minimum atomic E-state index is -0.338. The molecule has 1 aromatic heterocycles. The Morgan fingerprint density at radius 3 is 2.25 bits per heavy atom. The molecule has 0 unspecified atom stereocenters. The van der Waals surface area contributed by atoms with E-state index in [-0.39, 0.29) is 24.4 Å². The van der Waals surface area contributed by atoms with Gasteiger partial charge in [-0.3, -0.25) is 4.98 Å². The van der Waals surface area contributed by atoms with Gasteiger partial charge in [0.1, 0.15) is 0 Å². The average molecular weight is 274 g/mol. The lowest BCUT2D eigenvalue weighted by Gasteiger charge is -2.32. The first-order valence-corrected chi connectivity index (χ1v) is 6.97. The lowest BCUT2D eigenvalue weighted by atomic mass is 9.89. The van der Waals surface area contributed by atoms with Gasteiger partial charge in [0.15, 0.2) is 0 Å². The highest BCUT2D eigenvalue weighted by Gasteiger charge is 2.49. The summed E-state index contributed by atoms with van der Waals surface area (Å²) in [4.78, 5) is 4.36. The molecule has 2 rings (SSSR count). The molecule has 1 fully saturated rings. The predicted octanol–water partition coefficient (Wildman–Crippen LogP) is 2.75. The Kier molecular flexibility index (Phi) is 4.05. The van der Waals surface area contributed by atoms with Crippen molar-refractivity contribution in [2.45, 2.75) is 51.9 Å². The monoisotopic (exact) mass is 274 g/mol. The van der Waals surface area contributed by atoms with E-state index in [4.69, 9.17) is 15.0 Å². The first-order valence-electron chi connectivity index (χ1n) is 6.97. The van der Waals surface area contributed by atoms with E-state index >= 15 is 0 Å². The zero-order valence-corrected chi connectivity index (χ0v) is 12.9. The average Bonchev–Trinajstić information content (AvgIpc) is 2.56. The lowest BCUT2D eigenvalue weighted by Crippen LogP contribution is -2.41. The van der Waals surface area contributed by atoms with Crippen molar-refractivity contribution in [3.05, 3.63) is 35.6 Å². The van der Waals surface area contributed by atoms with E-state index in [1.165, 1.54) is 0 Å². The Hall–Kier alpha value is -1.17. The zero-order chi connectivity index (χ0) is 15.0. The summed E-state index contributed by atoms with van der Waals surface area (Å²) in [7, 11) is -0.338. The molecule has 1 aliphatic heterocycles. The van der Waals surface area contributed by atoms with Crippen LogP contribution in [-0.2, 0) is 9.31 Å². The van der Waals surface area contributed by atoms with Gasteiger partial charge in [-0.1, -0.05) is 12.0 Å². The van der Waals surface area contributed by atoms with Crippen molar-refractivity contribution in [2.75, 3.05) is 0 Å². The molecular weight excluding hydrogens is 251 g/mol. The van der Waals surface area contributed by atoms with Crippen LogP contribution in [0.15, 0.2) is 24.3 Å². The summed E-state index contributed by atoms with van der Waals surface area (Å²) in [6, 6.07) is 3.94. The maximum atomic E-state index is 5.89. The number of aromatic nitrogens is 1. The van der Waals surface area contributed by atoms with E-state index < -0.39 is 0 Å². The second kappa shape index (κ2) is 5.32. The summed E-state index contributed by atoms with van der Waals surface area (Å²) in [5, 5.41) is 0. The quantitative estimate of drug-likeness (QED) is 0.861. The van der Waals surface area contributed by atoms with E-state index in [0.29, 0.717) is 0 Å². The Balaban J connectivity index is 2.04. The highest BCUT2D eigenvalue weighted by atomic mass is 16.7. The van der Waals surface area contributed by atoms with Crippen LogP contribution < -0.4 is 5.73 Å². The van der Waals surface area contributed by atoms with Gasteiger partial charge in [0.25, 0.3) is 0 Å². The molecule has 0 bridgehead atoms. The molecule has 2 N–H and O–H groups in total. The minimum absolute atomic E-state index is 0.00336. The van der Waals surface area contributed by atoms with Crippen molar-refractivity contribution in [1.82, 2.24) is 4.98 Å². The van der Waals surface area contributed by atoms with Crippen molar-refractivity contribution >= 4 is 13.2 Å². The van der Waals surface area contributed by atoms with Crippen LogP contribution in [0.25, 0.3) is 6.08 Å². The topological polar surface area (TPSA) is 57.4 Å². The van der Waals surface area contributed by atoms with Gasteiger partial charge in [0.05, 0.1) is 16.9 Å². The second-order valence-corrected chi connectivity index (χ2v) is 6.29. The molecule has 0 spiro atoms. The molecular formula is C15H23BN2O2. The molecule has 5 heteroatoms. The summed E-state index contributed by atoms with van der Waals surface area (Å²) >= 11 is 0. The first-order chi connectivity index (χ1) is 9.21. The predicted molar refractivity (Wildman–Crippen MR) is 82.0 cm³/mol. The van der Waals surface area contributed by atoms with E-state index in [9.17, 15) is 0 Å². The Labute approximate surface area is 121 Å². The van der Waals surface area contributed by atoms with E-state index in [2.05, 4.69) is 4.98 Å². The van der Waals surface area contributed by atoms with Crippen molar-refractivity contribution in [3.8, 4) is 0 Å². The third-order valence-corrected chi connectivity index (χ3v) is 4.03. The molecule has 1 aliphatic rings. The minimum Gasteiger partial charge on any atom is -0.400 e. The van der Waals surface area contributed by atoms with Crippen LogP contribution in [0.5, 0.6) is 0 Å². The Morgan fingerprint density at radius 1 is 1.20 bits per heavy atom. The third-order valence-electron chi connectivity index (χ3n) is 4.03. The maximum absolute atomic E-state index is 5.89. The number of nitrogens with two attached hydrogens (primary N) is 1. The number of hydrogen-bond donors (Lipinski definition) is 1. The fourth-order valence-corrected chi connectivity index (χ4v) is 1.93. The molecule has 4 nitrogen and oxygen atoms in total. The van der Waals surface area contributed by atoms with Gasteiger partial charge in [0.2, 0.25) is 0 Å². The molecule has 2 heterocycles. The Morgan fingerprint density at radius 2 is 1.80 bits per heavy atom. The number of rotatable bonds is 3. The second-order valence-electron chi connectivity index (χ2n) is 6.29. The summed E-state index contributed by atoms with van der Waals surface area (Å²) in [6.45, 7) is 10.1. The van der Waals surface area contributed by atoms with Gasteiger partial charge < -0.3 is 15.0 Å². The van der Waals surface area contributed by atoms with Gasteiger partial charge in [-0.2, -0.15) is 0 Å². The zero-order valence-electron chi connectivity index (χ0n) is 12.9. The molecule has 20 heavy (non-hydrogen) atoms. The molecule has 0 aromatic carbocycles. The van der Waals surface area contributed by atoms with Crippen LogP contribution in [0.3, 0.4) is 0 Å². The van der Waals surface area contributed by atoms with Crippen LogP contribution in [0.2, 0.25) is 0 Å². The van der Waals surface area contributed by atoms with Gasteiger partial charge in [-0.05, 0) is 52.3 Å². The van der Waals surface area contributed by atoms with E-state index in [1.807, 2.05) is 58.8 Å². The van der Waals surface area contributed by atoms with Crippen molar-refractivity contribution < 1.29 is 9.31 Å². The summed E-state index contributed by atoms with van der Waals surface area (Å²) in [6.07, 6.45) is 3.71. The molecule has 1 atom stereocenters. The standard InChI is InChI=1S/C15H23BN2O2/c1-11(17)12-6-7-13(18-10-12)8-9-16-19-14(2,3)15(4,5)20-16/h6-11H,17H2,1-5H3/b9-8+/t11-/m0/s1. The van der Waals surface area contributed by atoms with Crippen LogP contribution in [0, 0.1) is 0 Å². The van der Waals surface area contributed by atoms with Gasteiger partial charge in [-0.15, -0.1) is 0 Å². The normalized spacial score (nSPS) is 22.4. The highest BCUT2D eigenvalue weighted by Crippen LogP contribution is 2.36. The maximum Gasteiger partial charge on any atom is 0.487 e. The SMILES string of the molecule is C[C@H](N)c1ccc(/C=C/B2OC(C)(C)C(C)(C)O2)nc1. The summed E-state index contributed by atoms with van der Waals surface area (Å²) in [5.41, 5.74) is 7.07.